The minimum Gasteiger partial charge on any atom is -0.398 e. The molecule has 70 valence electrons. The van der Waals surface area contributed by atoms with E-state index in [-0.39, 0.29) is 0 Å². The molecule has 2 rings (SSSR count). The summed E-state index contributed by atoms with van der Waals surface area (Å²) in [6.45, 7) is 2.29. The Balaban J connectivity index is 2.36. The van der Waals surface area contributed by atoms with Crippen molar-refractivity contribution in [1.29, 1.82) is 0 Å². The summed E-state index contributed by atoms with van der Waals surface area (Å²) in [5.74, 6) is 0. The van der Waals surface area contributed by atoms with Crippen molar-refractivity contribution in [3.05, 3.63) is 28.8 Å². The zero-order valence-corrected chi connectivity index (χ0v) is 8.56. The maximum atomic E-state index is 5.87. The van der Waals surface area contributed by atoms with Gasteiger partial charge in [-0.1, -0.05) is 31.0 Å². The van der Waals surface area contributed by atoms with E-state index in [1.54, 1.807) is 0 Å². The molecule has 1 aliphatic carbocycles. The smallest absolute Gasteiger partial charge is 0.0635 e. The maximum Gasteiger partial charge on any atom is 0.0635 e. The molecule has 13 heavy (non-hydrogen) atoms. The summed E-state index contributed by atoms with van der Waals surface area (Å²) in [6, 6.07) is 6.01. The first-order chi connectivity index (χ1) is 6.12. The highest BCUT2D eigenvalue weighted by molar-refractivity contribution is 6.33. The van der Waals surface area contributed by atoms with E-state index in [1.165, 1.54) is 24.8 Å². The van der Waals surface area contributed by atoms with Gasteiger partial charge in [0.05, 0.1) is 10.7 Å². The summed E-state index contributed by atoms with van der Waals surface area (Å²) in [4.78, 5) is 0. The van der Waals surface area contributed by atoms with Crippen LogP contribution in [0.3, 0.4) is 0 Å². The SMILES string of the molecule is CC1(c2ccc(Cl)c(N)c2)CCC1. The van der Waals surface area contributed by atoms with E-state index >= 15 is 0 Å². The van der Waals surface area contributed by atoms with Gasteiger partial charge in [0, 0.05) is 0 Å². The molecule has 1 aromatic carbocycles. The lowest BCUT2D eigenvalue weighted by Crippen LogP contribution is -2.30. The highest BCUT2D eigenvalue weighted by atomic mass is 35.5. The maximum absolute atomic E-state index is 5.87. The van der Waals surface area contributed by atoms with E-state index in [0.717, 1.165) is 0 Å². The van der Waals surface area contributed by atoms with Crippen LogP contribution in [-0.4, -0.2) is 0 Å². The Hall–Kier alpha value is -0.690. The van der Waals surface area contributed by atoms with E-state index in [4.69, 9.17) is 17.3 Å². The van der Waals surface area contributed by atoms with Crippen LogP contribution in [0.4, 0.5) is 5.69 Å². The van der Waals surface area contributed by atoms with Gasteiger partial charge in [0.1, 0.15) is 0 Å². The molecule has 1 aromatic rings. The highest BCUT2D eigenvalue weighted by Crippen LogP contribution is 2.44. The highest BCUT2D eigenvalue weighted by Gasteiger charge is 2.33. The van der Waals surface area contributed by atoms with Crippen LogP contribution < -0.4 is 5.73 Å². The number of halogens is 1. The number of nitrogens with two attached hydrogens (primary N) is 1. The molecular weight excluding hydrogens is 182 g/mol. The average molecular weight is 196 g/mol. The molecule has 0 saturated heterocycles. The van der Waals surface area contributed by atoms with Gasteiger partial charge in [-0.25, -0.2) is 0 Å². The van der Waals surface area contributed by atoms with Crippen LogP contribution in [0.15, 0.2) is 18.2 Å². The fourth-order valence-electron chi connectivity index (χ4n) is 1.91. The van der Waals surface area contributed by atoms with Crippen molar-refractivity contribution in [1.82, 2.24) is 0 Å². The van der Waals surface area contributed by atoms with Gasteiger partial charge in [0.25, 0.3) is 0 Å². The van der Waals surface area contributed by atoms with Crippen molar-refractivity contribution in [2.75, 3.05) is 5.73 Å². The molecule has 0 heterocycles. The van der Waals surface area contributed by atoms with Crippen LogP contribution in [-0.2, 0) is 5.41 Å². The Morgan fingerprint density at radius 3 is 2.54 bits per heavy atom. The van der Waals surface area contributed by atoms with Crippen LogP contribution in [0.25, 0.3) is 0 Å². The first kappa shape index (κ1) is 8.89. The third kappa shape index (κ3) is 1.42. The summed E-state index contributed by atoms with van der Waals surface area (Å²) < 4.78 is 0. The molecule has 0 bridgehead atoms. The predicted molar refractivity (Wildman–Crippen MR) is 57.1 cm³/mol. The van der Waals surface area contributed by atoms with E-state index in [2.05, 4.69) is 13.0 Å². The number of hydrogen-bond donors (Lipinski definition) is 1. The molecule has 2 N–H and O–H groups in total. The van der Waals surface area contributed by atoms with Gasteiger partial charge in [-0.3, -0.25) is 0 Å². The number of hydrogen-bond acceptors (Lipinski definition) is 1. The van der Waals surface area contributed by atoms with E-state index in [1.807, 2.05) is 12.1 Å². The molecule has 1 saturated carbocycles. The molecule has 0 atom stereocenters. The summed E-state index contributed by atoms with van der Waals surface area (Å²) >= 11 is 5.87. The molecule has 2 heteroatoms. The molecule has 0 spiro atoms. The third-order valence-corrected chi connectivity index (χ3v) is 3.49. The van der Waals surface area contributed by atoms with Gasteiger partial charge >= 0.3 is 0 Å². The number of nitrogen functional groups attached to an aromatic ring is 1. The van der Waals surface area contributed by atoms with Gasteiger partial charge in [-0.2, -0.15) is 0 Å². The molecule has 1 aliphatic rings. The van der Waals surface area contributed by atoms with Gasteiger partial charge in [-0.15, -0.1) is 0 Å². The Labute approximate surface area is 83.9 Å². The third-order valence-electron chi connectivity index (χ3n) is 3.15. The monoisotopic (exact) mass is 195 g/mol. The standard InChI is InChI=1S/C11H14ClN/c1-11(5-2-6-11)8-3-4-9(12)10(13)7-8/h3-4,7H,2,5-6,13H2,1H3. The van der Waals surface area contributed by atoms with Gasteiger partial charge in [0.15, 0.2) is 0 Å². The van der Waals surface area contributed by atoms with Crippen LogP contribution in [0.1, 0.15) is 31.7 Å². The van der Waals surface area contributed by atoms with Crippen LogP contribution in [0.5, 0.6) is 0 Å². The van der Waals surface area contributed by atoms with E-state index in [9.17, 15) is 0 Å². The van der Waals surface area contributed by atoms with Crippen molar-refractivity contribution in [3.8, 4) is 0 Å². The van der Waals surface area contributed by atoms with Gasteiger partial charge in [-0.05, 0) is 36.0 Å². The molecule has 1 fully saturated rings. The summed E-state index contributed by atoms with van der Waals surface area (Å²) in [7, 11) is 0. The van der Waals surface area contributed by atoms with E-state index in [0.29, 0.717) is 16.1 Å². The second-order valence-corrected chi connectivity index (χ2v) is 4.56. The summed E-state index contributed by atoms with van der Waals surface area (Å²) in [5.41, 5.74) is 8.16. The first-order valence-corrected chi connectivity index (χ1v) is 5.05. The fourth-order valence-corrected chi connectivity index (χ4v) is 2.03. The van der Waals surface area contributed by atoms with E-state index < -0.39 is 0 Å². The van der Waals surface area contributed by atoms with Crippen molar-refractivity contribution in [2.24, 2.45) is 0 Å². The quantitative estimate of drug-likeness (QED) is 0.684. The van der Waals surface area contributed by atoms with Crippen LogP contribution in [0.2, 0.25) is 5.02 Å². The van der Waals surface area contributed by atoms with Crippen LogP contribution in [0, 0.1) is 0 Å². The number of anilines is 1. The molecule has 0 radical (unpaired) electrons. The molecule has 1 nitrogen and oxygen atoms in total. The Morgan fingerprint density at radius 1 is 1.38 bits per heavy atom. The molecular formula is C11H14ClN. The van der Waals surface area contributed by atoms with Crippen molar-refractivity contribution in [2.45, 2.75) is 31.6 Å². The first-order valence-electron chi connectivity index (χ1n) is 4.67. The van der Waals surface area contributed by atoms with Gasteiger partial charge < -0.3 is 5.73 Å². The normalized spacial score (nSPS) is 19.5. The molecule has 0 amide bonds. The van der Waals surface area contributed by atoms with Gasteiger partial charge in [0.2, 0.25) is 0 Å². The zero-order valence-electron chi connectivity index (χ0n) is 7.81. The summed E-state index contributed by atoms with van der Waals surface area (Å²) in [6.07, 6.45) is 3.88. The predicted octanol–water partition coefficient (Wildman–Crippen LogP) is 3.36. The zero-order chi connectivity index (χ0) is 9.47. The second-order valence-electron chi connectivity index (χ2n) is 4.15. The van der Waals surface area contributed by atoms with Crippen molar-refractivity contribution < 1.29 is 0 Å². The molecule has 0 unspecified atom stereocenters. The Bertz CT molecular complexity index is 329. The average Bonchev–Trinajstić information content (AvgIpc) is 2.06. The fraction of sp³-hybridized carbons (Fsp3) is 0.455. The number of benzene rings is 1. The molecule has 0 aliphatic heterocycles. The second kappa shape index (κ2) is 2.91. The largest absolute Gasteiger partial charge is 0.398 e. The lowest BCUT2D eigenvalue weighted by atomic mass is 9.66. The lowest BCUT2D eigenvalue weighted by molar-refractivity contribution is 0.272. The van der Waals surface area contributed by atoms with Crippen molar-refractivity contribution >= 4 is 17.3 Å². The topological polar surface area (TPSA) is 26.0 Å². The Morgan fingerprint density at radius 2 is 2.08 bits per heavy atom. The minimum absolute atomic E-state index is 0.360. The Kier molecular flexibility index (Phi) is 1.99. The summed E-state index contributed by atoms with van der Waals surface area (Å²) in [5, 5.41) is 0.659. The minimum atomic E-state index is 0.360. The van der Waals surface area contributed by atoms with Crippen LogP contribution >= 0.6 is 11.6 Å². The molecule has 0 aromatic heterocycles. The lowest BCUT2D eigenvalue weighted by Gasteiger charge is -2.39. The number of rotatable bonds is 1. The van der Waals surface area contributed by atoms with Crippen molar-refractivity contribution in [3.63, 3.8) is 0 Å².